The zero-order chi connectivity index (χ0) is 20.0. The second-order valence-electron chi connectivity index (χ2n) is 8.87. The summed E-state index contributed by atoms with van der Waals surface area (Å²) in [4.78, 5) is 0. The smallest absolute Gasteiger partial charge is 0.142 e. The fraction of sp³-hybridized carbons (Fsp3) is 0.500. The molecule has 0 unspecified atom stereocenters. The summed E-state index contributed by atoms with van der Waals surface area (Å²) < 4.78 is 5.48. The SMILES string of the molecule is COc1cc(CO)ccc1Nc1cc2c(cc1O)[C@]13CCCC[C@@H]1[C@H](C2)NCC3. The first-order chi connectivity index (χ1) is 14.1. The predicted octanol–water partition coefficient (Wildman–Crippen LogP) is 3.98. The number of hydrogen-bond acceptors (Lipinski definition) is 5. The van der Waals surface area contributed by atoms with Crippen LogP contribution < -0.4 is 15.4 Å². The molecule has 2 aromatic carbocycles. The lowest BCUT2D eigenvalue weighted by Gasteiger charge is -2.56. The fourth-order valence-corrected chi connectivity index (χ4v) is 6.15. The Morgan fingerprint density at radius 2 is 2.07 bits per heavy atom. The Bertz CT molecular complexity index is 925. The normalized spacial score (nSPS) is 27.7. The van der Waals surface area contributed by atoms with Crippen LogP contribution in [0.1, 0.15) is 48.8 Å². The number of methoxy groups -OCH3 is 1. The maximum Gasteiger partial charge on any atom is 0.142 e. The molecule has 154 valence electrons. The minimum absolute atomic E-state index is 0.0294. The first-order valence-corrected chi connectivity index (χ1v) is 10.8. The molecule has 0 radical (unpaired) electrons. The molecule has 0 spiro atoms. The number of rotatable bonds is 4. The highest BCUT2D eigenvalue weighted by Gasteiger charge is 2.51. The Morgan fingerprint density at radius 3 is 2.90 bits per heavy atom. The topological polar surface area (TPSA) is 73.8 Å². The predicted molar refractivity (Wildman–Crippen MR) is 114 cm³/mol. The van der Waals surface area contributed by atoms with Crippen molar-refractivity contribution in [2.24, 2.45) is 5.92 Å². The number of aliphatic hydroxyl groups excluding tert-OH is 1. The lowest BCUT2D eigenvalue weighted by molar-refractivity contribution is 0.0796. The van der Waals surface area contributed by atoms with Crippen molar-refractivity contribution in [2.45, 2.75) is 56.6 Å². The van der Waals surface area contributed by atoms with Gasteiger partial charge in [-0.3, -0.25) is 0 Å². The number of aliphatic hydroxyl groups is 1. The van der Waals surface area contributed by atoms with Gasteiger partial charge in [-0.2, -0.15) is 0 Å². The number of hydrogen-bond donors (Lipinski definition) is 4. The molecule has 1 saturated heterocycles. The number of phenols is 1. The molecule has 1 heterocycles. The Kier molecular flexibility index (Phi) is 4.67. The Hall–Kier alpha value is -2.24. The minimum atomic E-state index is -0.0294. The van der Waals surface area contributed by atoms with E-state index in [1.807, 2.05) is 24.3 Å². The zero-order valence-electron chi connectivity index (χ0n) is 17.0. The molecule has 3 aliphatic rings. The highest BCUT2D eigenvalue weighted by Crippen LogP contribution is 2.55. The number of anilines is 2. The summed E-state index contributed by atoms with van der Waals surface area (Å²) in [5.74, 6) is 1.65. The van der Waals surface area contributed by atoms with E-state index in [2.05, 4.69) is 16.7 Å². The zero-order valence-corrected chi connectivity index (χ0v) is 17.0. The van der Waals surface area contributed by atoms with Gasteiger partial charge in [0, 0.05) is 11.5 Å². The fourth-order valence-electron chi connectivity index (χ4n) is 6.15. The van der Waals surface area contributed by atoms with Crippen molar-refractivity contribution in [2.75, 3.05) is 19.0 Å². The Balaban J connectivity index is 1.53. The molecular formula is C24H30N2O3. The maximum absolute atomic E-state index is 10.9. The third-order valence-electron chi connectivity index (χ3n) is 7.48. The van der Waals surface area contributed by atoms with Crippen molar-refractivity contribution in [3.05, 3.63) is 47.0 Å². The lowest BCUT2D eigenvalue weighted by atomic mass is 9.53. The van der Waals surface area contributed by atoms with Crippen LogP contribution in [0.5, 0.6) is 11.5 Å². The monoisotopic (exact) mass is 394 g/mol. The van der Waals surface area contributed by atoms with Gasteiger partial charge in [-0.05, 0) is 79.1 Å². The van der Waals surface area contributed by atoms with Gasteiger partial charge in [0.15, 0.2) is 0 Å². The third kappa shape index (κ3) is 2.99. The molecule has 2 aliphatic carbocycles. The van der Waals surface area contributed by atoms with Gasteiger partial charge in [-0.1, -0.05) is 18.9 Å². The first-order valence-electron chi connectivity index (χ1n) is 10.8. The molecule has 29 heavy (non-hydrogen) atoms. The number of piperidine rings is 1. The average Bonchev–Trinajstić information content (AvgIpc) is 2.75. The van der Waals surface area contributed by atoms with E-state index in [1.165, 1.54) is 43.2 Å². The van der Waals surface area contributed by atoms with E-state index in [-0.39, 0.29) is 12.0 Å². The van der Waals surface area contributed by atoms with E-state index >= 15 is 0 Å². The molecule has 3 atom stereocenters. The number of phenolic OH excluding ortho intramolecular Hbond substituents is 1. The first kappa shape index (κ1) is 18.8. The molecule has 5 rings (SSSR count). The van der Waals surface area contributed by atoms with Crippen molar-refractivity contribution >= 4 is 11.4 Å². The van der Waals surface area contributed by atoms with Gasteiger partial charge in [0.25, 0.3) is 0 Å². The molecule has 0 amide bonds. The molecular weight excluding hydrogens is 364 g/mol. The Morgan fingerprint density at radius 1 is 1.17 bits per heavy atom. The van der Waals surface area contributed by atoms with Crippen LogP contribution in [-0.2, 0) is 18.4 Å². The van der Waals surface area contributed by atoms with Gasteiger partial charge < -0.3 is 25.6 Å². The summed E-state index contributed by atoms with van der Waals surface area (Å²) in [6.45, 7) is 1.05. The number of nitrogens with one attached hydrogen (secondary N) is 2. The summed E-state index contributed by atoms with van der Waals surface area (Å²) in [5, 5.41) is 27.4. The highest BCUT2D eigenvalue weighted by molar-refractivity contribution is 5.72. The average molecular weight is 395 g/mol. The van der Waals surface area contributed by atoms with Crippen molar-refractivity contribution in [3.8, 4) is 11.5 Å². The van der Waals surface area contributed by atoms with Crippen LogP contribution in [0.15, 0.2) is 30.3 Å². The minimum Gasteiger partial charge on any atom is -0.506 e. The largest absolute Gasteiger partial charge is 0.506 e. The molecule has 4 N–H and O–H groups in total. The maximum atomic E-state index is 10.9. The molecule has 5 heteroatoms. The van der Waals surface area contributed by atoms with Crippen molar-refractivity contribution in [1.29, 1.82) is 0 Å². The summed E-state index contributed by atoms with van der Waals surface area (Å²) in [6, 6.07) is 10.3. The quantitative estimate of drug-likeness (QED) is 0.590. The molecule has 2 aromatic rings. The number of benzene rings is 2. The summed E-state index contributed by atoms with van der Waals surface area (Å²) in [7, 11) is 1.61. The van der Waals surface area contributed by atoms with Crippen molar-refractivity contribution in [3.63, 3.8) is 0 Å². The second kappa shape index (κ2) is 7.22. The van der Waals surface area contributed by atoms with Crippen molar-refractivity contribution < 1.29 is 14.9 Å². The van der Waals surface area contributed by atoms with Gasteiger partial charge in [0.05, 0.1) is 25.1 Å². The second-order valence-corrected chi connectivity index (χ2v) is 8.87. The van der Waals surface area contributed by atoms with Crippen LogP contribution >= 0.6 is 0 Å². The van der Waals surface area contributed by atoms with E-state index in [9.17, 15) is 10.2 Å². The molecule has 0 aromatic heterocycles. The Labute approximate surface area is 172 Å². The van der Waals surface area contributed by atoms with Gasteiger partial charge in [-0.15, -0.1) is 0 Å². The third-order valence-corrected chi connectivity index (χ3v) is 7.48. The lowest BCUT2D eigenvalue weighted by Crippen LogP contribution is -2.59. The summed E-state index contributed by atoms with van der Waals surface area (Å²) in [6.07, 6.45) is 7.35. The van der Waals surface area contributed by atoms with E-state index in [0.717, 1.165) is 24.2 Å². The highest BCUT2D eigenvalue weighted by atomic mass is 16.5. The van der Waals surface area contributed by atoms with Gasteiger partial charge in [-0.25, -0.2) is 0 Å². The molecule has 5 nitrogen and oxygen atoms in total. The van der Waals surface area contributed by atoms with E-state index in [1.54, 1.807) is 7.11 Å². The van der Waals surface area contributed by atoms with Gasteiger partial charge in [0.1, 0.15) is 11.5 Å². The van der Waals surface area contributed by atoms with Crippen molar-refractivity contribution in [1.82, 2.24) is 5.32 Å². The standard InChI is InChI=1S/C24H30N2O3/c1-29-23-10-15(14-27)5-6-19(23)26-21-12-16-11-20-17-4-2-3-7-24(17,8-9-25-20)18(16)13-22(21)28/h5-6,10,12-13,17,20,25-28H,2-4,7-9,11,14H2,1H3/t17-,20+,24+/m1/s1. The van der Waals surface area contributed by atoms with Gasteiger partial charge in [0.2, 0.25) is 0 Å². The molecule has 2 bridgehead atoms. The van der Waals surface area contributed by atoms with Gasteiger partial charge >= 0.3 is 0 Å². The van der Waals surface area contributed by atoms with Crippen LogP contribution in [0, 0.1) is 5.92 Å². The van der Waals surface area contributed by atoms with Crippen LogP contribution in [0.3, 0.4) is 0 Å². The van der Waals surface area contributed by atoms with Crippen LogP contribution in [0.25, 0.3) is 0 Å². The number of fused-ring (bicyclic) bond motifs is 1. The van der Waals surface area contributed by atoms with E-state index in [4.69, 9.17) is 4.74 Å². The summed E-state index contributed by atoms with van der Waals surface area (Å²) >= 11 is 0. The molecule has 1 saturated carbocycles. The summed E-state index contributed by atoms with van der Waals surface area (Å²) in [5.41, 5.74) is 5.25. The van der Waals surface area contributed by atoms with Crippen LogP contribution in [0.2, 0.25) is 0 Å². The van der Waals surface area contributed by atoms with Crippen LogP contribution in [-0.4, -0.2) is 29.9 Å². The molecule has 2 fully saturated rings. The van der Waals surface area contributed by atoms with E-state index < -0.39 is 0 Å². The van der Waals surface area contributed by atoms with Crippen LogP contribution in [0.4, 0.5) is 11.4 Å². The number of aromatic hydroxyl groups is 1. The number of ether oxygens (including phenoxy) is 1. The van der Waals surface area contributed by atoms with E-state index in [0.29, 0.717) is 29.1 Å². The molecule has 1 aliphatic heterocycles.